The molecule has 0 amide bonds. The van der Waals surface area contributed by atoms with E-state index in [4.69, 9.17) is 5.11 Å². The minimum Gasteiger partial charge on any atom is -0.508 e. The highest BCUT2D eigenvalue weighted by atomic mass is 16.4. The summed E-state index contributed by atoms with van der Waals surface area (Å²) in [5.41, 5.74) is 0.981. The van der Waals surface area contributed by atoms with E-state index in [1.807, 2.05) is 0 Å². The molecule has 0 unspecified atom stereocenters. The van der Waals surface area contributed by atoms with Crippen LogP contribution in [0, 0.1) is 0 Å². The Bertz CT molecular complexity index is 540. The number of carbonyl (C=O) groups is 1. The van der Waals surface area contributed by atoms with Crippen molar-refractivity contribution in [3.63, 3.8) is 0 Å². The fourth-order valence-corrected chi connectivity index (χ4v) is 1.26. The number of rotatable bonds is 2. The lowest BCUT2D eigenvalue weighted by Gasteiger charge is -2.01. The van der Waals surface area contributed by atoms with Gasteiger partial charge in [0.15, 0.2) is 0 Å². The first-order valence-corrected chi connectivity index (χ1v) is 4.51. The molecule has 0 spiro atoms. The summed E-state index contributed by atoms with van der Waals surface area (Å²) in [4.78, 5) is 18.7. The standard InChI is InChI=1S/C11H8N2O3/c14-8-2-4-13-10(6-8)9-5-7(11(15)16)1-3-12-9/h1-6H,(H,13,14)(H,15,16). The molecule has 2 aromatic rings. The van der Waals surface area contributed by atoms with E-state index >= 15 is 0 Å². The van der Waals surface area contributed by atoms with Gasteiger partial charge in [-0.25, -0.2) is 4.79 Å². The van der Waals surface area contributed by atoms with Crippen LogP contribution in [0.25, 0.3) is 11.4 Å². The van der Waals surface area contributed by atoms with Crippen LogP contribution in [-0.2, 0) is 0 Å². The summed E-state index contributed by atoms with van der Waals surface area (Å²) >= 11 is 0. The molecule has 0 radical (unpaired) electrons. The molecule has 2 N–H and O–H groups in total. The number of nitrogens with zero attached hydrogens (tertiary/aromatic N) is 2. The van der Waals surface area contributed by atoms with Crippen molar-refractivity contribution < 1.29 is 15.0 Å². The zero-order valence-corrected chi connectivity index (χ0v) is 8.16. The van der Waals surface area contributed by atoms with Gasteiger partial charge in [0.2, 0.25) is 0 Å². The van der Waals surface area contributed by atoms with Crippen LogP contribution < -0.4 is 0 Å². The maximum Gasteiger partial charge on any atom is 0.335 e. The van der Waals surface area contributed by atoms with Crippen molar-refractivity contribution in [3.8, 4) is 17.1 Å². The van der Waals surface area contributed by atoms with E-state index in [2.05, 4.69) is 9.97 Å². The van der Waals surface area contributed by atoms with Crippen LogP contribution in [0.4, 0.5) is 0 Å². The van der Waals surface area contributed by atoms with Gasteiger partial charge in [-0.2, -0.15) is 0 Å². The van der Waals surface area contributed by atoms with Gasteiger partial charge in [0.25, 0.3) is 0 Å². The quantitative estimate of drug-likeness (QED) is 0.795. The molecule has 0 aliphatic carbocycles. The van der Waals surface area contributed by atoms with Gasteiger partial charge >= 0.3 is 5.97 Å². The highest BCUT2D eigenvalue weighted by Gasteiger charge is 2.07. The maximum absolute atomic E-state index is 10.8. The molecule has 0 aromatic carbocycles. The van der Waals surface area contributed by atoms with Crippen molar-refractivity contribution in [2.45, 2.75) is 0 Å². The number of pyridine rings is 2. The third kappa shape index (κ3) is 1.98. The summed E-state index contributed by atoms with van der Waals surface area (Å²) in [7, 11) is 0. The second kappa shape index (κ2) is 3.98. The maximum atomic E-state index is 10.8. The van der Waals surface area contributed by atoms with Crippen LogP contribution >= 0.6 is 0 Å². The van der Waals surface area contributed by atoms with Crippen molar-refractivity contribution in [1.82, 2.24) is 9.97 Å². The van der Waals surface area contributed by atoms with Crippen molar-refractivity contribution >= 4 is 5.97 Å². The number of aromatic nitrogens is 2. The van der Waals surface area contributed by atoms with Gasteiger partial charge in [-0.1, -0.05) is 0 Å². The topological polar surface area (TPSA) is 83.3 Å². The molecule has 2 aromatic heterocycles. The molecular weight excluding hydrogens is 208 g/mol. The minimum atomic E-state index is -1.02. The normalized spacial score (nSPS) is 10.0. The number of hydrogen-bond acceptors (Lipinski definition) is 4. The van der Waals surface area contributed by atoms with E-state index < -0.39 is 5.97 Å². The summed E-state index contributed by atoms with van der Waals surface area (Å²) in [6.45, 7) is 0. The molecule has 0 aliphatic rings. The van der Waals surface area contributed by atoms with E-state index in [-0.39, 0.29) is 11.3 Å². The van der Waals surface area contributed by atoms with Crippen molar-refractivity contribution in [2.75, 3.05) is 0 Å². The third-order valence-electron chi connectivity index (χ3n) is 2.01. The zero-order valence-electron chi connectivity index (χ0n) is 8.16. The Hall–Kier alpha value is -2.43. The Kier molecular flexibility index (Phi) is 2.51. The molecule has 0 saturated carbocycles. The first-order chi connectivity index (χ1) is 7.66. The molecule has 0 bridgehead atoms. The minimum absolute atomic E-state index is 0.0625. The average molecular weight is 216 g/mol. The molecule has 0 saturated heterocycles. The smallest absolute Gasteiger partial charge is 0.335 e. The third-order valence-corrected chi connectivity index (χ3v) is 2.01. The Labute approximate surface area is 91.0 Å². The van der Waals surface area contributed by atoms with Crippen molar-refractivity contribution in [3.05, 3.63) is 42.2 Å². The Morgan fingerprint density at radius 3 is 2.31 bits per heavy atom. The Balaban J connectivity index is 2.48. The van der Waals surface area contributed by atoms with Crippen molar-refractivity contribution in [2.24, 2.45) is 0 Å². The largest absolute Gasteiger partial charge is 0.508 e. The second-order valence-electron chi connectivity index (χ2n) is 3.13. The Morgan fingerprint density at radius 2 is 1.69 bits per heavy atom. The predicted octanol–water partition coefficient (Wildman–Crippen LogP) is 1.55. The van der Waals surface area contributed by atoms with E-state index in [0.717, 1.165) is 0 Å². The number of hydrogen-bond donors (Lipinski definition) is 2. The molecule has 0 atom stereocenters. The molecule has 0 fully saturated rings. The lowest BCUT2D eigenvalue weighted by molar-refractivity contribution is 0.0697. The fourth-order valence-electron chi connectivity index (χ4n) is 1.26. The van der Waals surface area contributed by atoms with Gasteiger partial charge in [0, 0.05) is 18.5 Å². The lowest BCUT2D eigenvalue weighted by atomic mass is 10.2. The summed E-state index contributed by atoms with van der Waals surface area (Å²) in [6, 6.07) is 5.66. The molecule has 5 heteroatoms. The van der Waals surface area contributed by atoms with Crippen LogP contribution in [0.2, 0.25) is 0 Å². The first kappa shape index (κ1) is 10.1. The molecular formula is C11H8N2O3. The predicted molar refractivity (Wildman–Crippen MR) is 56.1 cm³/mol. The molecule has 5 nitrogen and oxygen atoms in total. The van der Waals surface area contributed by atoms with Crippen LogP contribution in [0.5, 0.6) is 5.75 Å². The monoisotopic (exact) mass is 216 g/mol. The molecule has 80 valence electrons. The number of carboxylic acids is 1. The number of aromatic hydroxyl groups is 1. The summed E-state index contributed by atoms with van der Waals surface area (Å²) < 4.78 is 0. The summed E-state index contributed by atoms with van der Waals surface area (Å²) in [6.07, 6.45) is 2.82. The van der Waals surface area contributed by atoms with Gasteiger partial charge in [0.05, 0.1) is 17.0 Å². The van der Waals surface area contributed by atoms with Gasteiger partial charge in [-0.3, -0.25) is 9.97 Å². The van der Waals surface area contributed by atoms with Crippen LogP contribution in [0.1, 0.15) is 10.4 Å². The average Bonchev–Trinajstić information content (AvgIpc) is 2.29. The van der Waals surface area contributed by atoms with E-state index in [9.17, 15) is 9.90 Å². The summed E-state index contributed by atoms with van der Waals surface area (Å²) in [5.74, 6) is -0.962. The van der Waals surface area contributed by atoms with Gasteiger partial charge in [0.1, 0.15) is 5.75 Å². The van der Waals surface area contributed by atoms with E-state index in [1.165, 1.54) is 36.7 Å². The molecule has 2 heterocycles. The highest BCUT2D eigenvalue weighted by molar-refractivity contribution is 5.88. The van der Waals surface area contributed by atoms with Crippen molar-refractivity contribution in [1.29, 1.82) is 0 Å². The van der Waals surface area contributed by atoms with Crippen LogP contribution in [-0.4, -0.2) is 26.2 Å². The molecule has 16 heavy (non-hydrogen) atoms. The first-order valence-electron chi connectivity index (χ1n) is 4.51. The fraction of sp³-hybridized carbons (Fsp3) is 0. The van der Waals surface area contributed by atoms with Crippen LogP contribution in [0.15, 0.2) is 36.7 Å². The van der Waals surface area contributed by atoms with Gasteiger partial charge in [-0.15, -0.1) is 0 Å². The number of aromatic carboxylic acids is 1. The Morgan fingerprint density at radius 1 is 1.06 bits per heavy atom. The summed E-state index contributed by atoms with van der Waals surface area (Å²) in [5, 5.41) is 18.1. The van der Waals surface area contributed by atoms with E-state index in [0.29, 0.717) is 11.4 Å². The molecule has 2 rings (SSSR count). The lowest BCUT2D eigenvalue weighted by Crippen LogP contribution is -1.97. The van der Waals surface area contributed by atoms with Gasteiger partial charge in [-0.05, 0) is 18.2 Å². The number of carboxylic acid groups (broad SMARTS) is 1. The second-order valence-corrected chi connectivity index (χ2v) is 3.13. The van der Waals surface area contributed by atoms with Crippen LogP contribution in [0.3, 0.4) is 0 Å². The SMILES string of the molecule is O=C(O)c1ccnc(-c2cc(O)ccn2)c1. The zero-order chi connectivity index (χ0) is 11.5. The van der Waals surface area contributed by atoms with Gasteiger partial charge < -0.3 is 10.2 Å². The highest BCUT2D eigenvalue weighted by Crippen LogP contribution is 2.19. The van der Waals surface area contributed by atoms with E-state index in [1.54, 1.807) is 0 Å². The molecule has 0 aliphatic heterocycles.